The first-order chi connectivity index (χ1) is 9.20. The number of thioether (sulfide) groups is 1. The van der Waals surface area contributed by atoms with Crippen LogP contribution in [0.2, 0.25) is 0 Å². The van der Waals surface area contributed by atoms with Gasteiger partial charge in [0.05, 0.1) is 0 Å². The minimum absolute atomic E-state index is 0.202. The van der Waals surface area contributed by atoms with Crippen molar-refractivity contribution in [1.82, 2.24) is 20.1 Å². The van der Waals surface area contributed by atoms with Crippen molar-refractivity contribution in [1.29, 1.82) is 0 Å². The molecule has 0 aliphatic heterocycles. The summed E-state index contributed by atoms with van der Waals surface area (Å²) in [5.74, 6) is 0.968. The lowest BCUT2D eigenvalue weighted by Crippen LogP contribution is -2.25. The Bertz CT molecular complexity index is 552. The molecule has 0 saturated carbocycles. The molecule has 0 spiro atoms. The molecule has 8 heteroatoms. The van der Waals surface area contributed by atoms with E-state index in [1.54, 1.807) is 12.4 Å². The summed E-state index contributed by atoms with van der Waals surface area (Å²) < 4.78 is 6.93. The van der Waals surface area contributed by atoms with E-state index in [0.29, 0.717) is 18.1 Å². The maximum atomic E-state index is 11.7. The van der Waals surface area contributed by atoms with E-state index < -0.39 is 0 Å². The molecule has 0 atom stereocenters. The monoisotopic (exact) mass is 282 g/mol. The Morgan fingerprint density at radius 2 is 2.42 bits per heavy atom. The molecule has 0 unspecified atom stereocenters. The Kier molecular flexibility index (Phi) is 4.58. The van der Waals surface area contributed by atoms with Crippen molar-refractivity contribution in [2.75, 3.05) is 12.3 Å². The first kappa shape index (κ1) is 13.6. The minimum atomic E-state index is -0.293. The number of nitrogens with zero attached hydrogens (tertiary/aromatic N) is 3. The smallest absolute Gasteiger partial charge is 0.287 e. The fourth-order valence-corrected chi connectivity index (χ4v) is 2.12. The third kappa shape index (κ3) is 3.58. The van der Waals surface area contributed by atoms with Crippen LogP contribution in [0.25, 0.3) is 0 Å². The summed E-state index contributed by atoms with van der Waals surface area (Å²) in [6.07, 6.45) is 1.63. The highest BCUT2D eigenvalue weighted by Gasteiger charge is 2.10. The van der Waals surface area contributed by atoms with E-state index in [1.165, 1.54) is 17.8 Å². The number of aliphatic hydroxyl groups excluding tert-OH is 1. The number of carbonyl (C=O) groups is 1. The van der Waals surface area contributed by atoms with Gasteiger partial charge in [-0.2, -0.15) is 0 Å². The fraction of sp³-hybridized carbons (Fsp3) is 0.364. The van der Waals surface area contributed by atoms with Crippen LogP contribution in [0.15, 0.2) is 28.0 Å². The third-order valence-electron chi connectivity index (χ3n) is 2.33. The van der Waals surface area contributed by atoms with E-state index in [2.05, 4.69) is 15.5 Å². The van der Waals surface area contributed by atoms with E-state index >= 15 is 0 Å². The molecule has 7 nitrogen and oxygen atoms in total. The predicted octanol–water partition coefficient (Wildman–Crippen LogP) is 0.422. The molecule has 19 heavy (non-hydrogen) atoms. The van der Waals surface area contributed by atoms with Gasteiger partial charge in [0, 0.05) is 19.3 Å². The first-order valence-corrected chi connectivity index (χ1v) is 6.64. The van der Waals surface area contributed by atoms with E-state index in [0.717, 1.165) is 5.16 Å². The van der Waals surface area contributed by atoms with Gasteiger partial charge in [0.2, 0.25) is 0 Å². The molecule has 0 fully saturated rings. The molecule has 2 aromatic rings. The molecule has 0 saturated heterocycles. The van der Waals surface area contributed by atoms with Crippen LogP contribution in [-0.2, 0) is 13.7 Å². The molecule has 2 aromatic heterocycles. The highest BCUT2D eigenvalue weighted by molar-refractivity contribution is 7.99. The topological polar surface area (TPSA) is 93.2 Å². The van der Waals surface area contributed by atoms with Crippen molar-refractivity contribution in [2.24, 2.45) is 7.05 Å². The van der Waals surface area contributed by atoms with Crippen LogP contribution < -0.4 is 5.32 Å². The average Bonchev–Trinajstić information content (AvgIpc) is 3.03. The summed E-state index contributed by atoms with van der Waals surface area (Å²) in [6, 6.07) is 3.11. The van der Waals surface area contributed by atoms with E-state index in [4.69, 9.17) is 9.52 Å². The zero-order chi connectivity index (χ0) is 13.7. The molecule has 2 rings (SSSR count). The van der Waals surface area contributed by atoms with Crippen LogP contribution in [0, 0.1) is 0 Å². The SMILES string of the molecule is Cn1cnnc1SCCNC(=O)c1ccc(CO)o1. The van der Waals surface area contributed by atoms with Gasteiger partial charge in [0.15, 0.2) is 10.9 Å². The average molecular weight is 282 g/mol. The molecule has 0 radical (unpaired) electrons. The van der Waals surface area contributed by atoms with Crippen LogP contribution >= 0.6 is 11.8 Å². The summed E-state index contributed by atoms with van der Waals surface area (Å²) in [6.45, 7) is 0.279. The Morgan fingerprint density at radius 3 is 3.05 bits per heavy atom. The number of hydrogen-bond donors (Lipinski definition) is 2. The van der Waals surface area contributed by atoms with Crippen LogP contribution in [0.5, 0.6) is 0 Å². The highest BCUT2D eigenvalue weighted by atomic mass is 32.2. The van der Waals surface area contributed by atoms with E-state index in [1.807, 2.05) is 11.6 Å². The van der Waals surface area contributed by atoms with Crippen LogP contribution in [0.1, 0.15) is 16.3 Å². The number of rotatable bonds is 6. The molecule has 2 N–H and O–H groups in total. The van der Waals surface area contributed by atoms with Crippen LogP contribution in [0.3, 0.4) is 0 Å². The van der Waals surface area contributed by atoms with Gasteiger partial charge >= 0.3 is 0 Å². The predicted molar refractivity (Wildman–Crippen MR) is 68.7 cm³/mol. The van der Waals surface area contributed by atoms with Crippen molar-refractivity contribution in [3.63, 3.8) is 0 Å². The van der Waals surface area contributed by atoms with Crippen molar-refractivity contribution in [2.45, 2.75) is 11.8 Å². The summed E-state index contributed by atoms with van der Waals surface area (Å²) in [5, 5.41) is 20.0. The zero-order valence-electron chi connectivity index (χ0n) is 10.4. The molecule has 2 heterocycles. The fourth-order valence-electron chi connectivity index (χ4n) is 1.38. The number of amides is 1. The molecule has 0 aliphatic rings. The van der Waals surface area contributed by atoms with Gasteiger partial charge in [-0.1, -0.05) is 11.8 Å². The maximum Gasteiger partial charge on any atom is 0.287 e. The largest absolute Gasteiger partial charge is 0.453 e. The number of aliphatic hydroxyl groups is 1. The zero-order valence-corrected chi connectivity index (χ0v) is 11.2. The number of aromatic nitrogens is 3. The number of carbonyl (C=O) groups excluding carboxylic acids is 1. The highest BCUT2D eigenvalue weighted by Crippen LogP contribution is 2.12. The van der Waals surface area contributed by atoms with Crippen molar-refractivity contribution in [3.8, 4) is 0 Å². The van der Waals surface area contributed by atoms with Gasteiger partial charge in [-0.15, -0.1) is 10.2 Å². The minimum Gasteiger partial charge on any atom is -0.453 e. The molecule has 0 aliphatic carbocycles. The molecular weight excluding hydrogens is 268 g/mol. The number of nitrogens with one attached hydrogen (secondary N) is 1. The Labute approximate surface area is 114 Å². The van der Waals surface area contributed by atoms with Gasteiger partial charge in [-0.05, 0) is 12.1 Å². The molecule has 0 aromatic carbocycles. The van der Waals surface area contributed by atoms with E-state index in [-0.39, 0.29) is 18.3 Å². The molecule has 102 valence electrons. The van der Waals surface area contributed by atoms with Gasteiger partial charge in [0.1, 0.15) is 18.7 Å². The molecule has 0 bridgehead atoms. The van der Waals surface area contributed by atoms with Crippen LogP contribution in [-0.4, -0.2) is 38.1 Å². The number of furan rings is 1. The lowest BCUT2D eigenvalue weighted by atomic mass is 10.4. The van der Waals surface area contributed by atoms with Crippen molar-refractivity contribution < 1.29 is 14.3 Å². The summed E-state index contributed by atoms with van der Waals surface area (Å²) in [7, 11) is 1.86. The second kappa shape index (κ2) is 6.39. The quantitative estimate of drug-likeness (QED) is 0.589. The van der Waals surface area contributed by atoms with Gasteiger partial charge in [-0.3, -0.25) is 4.79 Å². The Balaban J connectivity index is 1.73. The maximum absolute atomic E-state index is 11.7. The standard InChI is InChI=1S/C11H14N4O3S/c1-15-7-13-14-11(15)19-5-4-12-10(17)9-3-2-8(6-16)18-9/h2-3,7,16H,4-6H2,1H3,(H,12,17). The lowest BCUT2D eigenvalue weighted by molar-refractivity contribution is 0.0924. The van der Waals surface area contributed by atoms with Crippen molar-refractivity contribution >= 4 is 17.7 Å². The molecule has 1 amide bonds. The van der Waals surface area contributed by atoms with E-state index in [9.17, 15) is 4.79 Å². The first-order valence-electron chi connectivity index (χ1n) is 5.65. The lowest BCUT2D eigenvalue weighted by Gasteiger charge is -2.02. The summed E-state index contributed by atoms with van der Waals surface area (Å²) >= 11 is 1.50. The molecular formula is C11H14N4O3S. The van der Waals surface area contributed by atoms with Gasteiger partial charge in [-0.25, -0.2) is 0 Å². The van der Waals surface area contributed by atoms with Crippen molar-refractivity contribution in [3.05, 3.63) is 30.0 Å². The normalized spacial score (nSPS) is 10.6. The van der Waals surface area contributed by atoms with Gasteiger partial charge < -0.3 is 19.4 Å². The second-order valence-electron chi connectivity index (χ2n) is 3.75. The van der Waals surface area contributed by atoms with Gasteiger partial charge in [0.25, 0.3) is 5.91 Å². The Morgan fingerprint density at radius 1 is 1.58 bits per heavy atom. The Hall–Kier alpha value is -1.80. The second-order valence-corrected chi connectivity index (χ2v) is 4.81. The number of aryl methyl sites for hydroxylation is 1. The number of hydrogen-bond acceptors (Lipinski definition) is 6. The third-order valence-corrected chi connectivity index (χ3v) is 3.37. The summed E-state index contributed by atoms with van der Waals surface area (Å²) in [4.78, 5) is 11.7. The summed E-state index contributed by atoms with van der Waals surface area (Å²) in [5.41, 5.74) is 0. The van der Waals surface area contributed by atoms with Crippen LogP contribution in [0.4, 0.5) is 0 Å².